The highest BCUT2D eigenvalue weighted by atomic mass is 16.5. The first-order valence-corrected chi connectivity index (χ1v) is 5.69. The van der Waals surface area contributed by atoms with Gasteiger partial charge < -0.3 is 10.1 Å². The van der Waals surface area contributed by atoms with Gasteiger partial charge in [0, 0.05) is 6.54 Å². The second-order valence-electron chi connectivity index (χ2n) is 5.37. The Balaban J connectivity index is 3.40. The van der Waals surface area contributed by atoms with Crippen molar-refractivity contribution in [2.45, 2.75) is 53.6 Å². The Labute approximate surface area is 93.6 Å². The number of rotatable bonds is 6. The molecule has 0 heterocycles. The maximum absolute atomic E-state index is 11.2. The van der Waals surface area contributed by atoms with Crippen LogP contribution in [0.3, 0.4) is 0 Å². The summed E-state index contributed by atoms with van der Waals surface area (Å²) >= 11 is 0. The highest BCUT2D eigenvalue weighted by molar-refractivity contribution is 5.77. The molecular weight excluding hydrogens is 190 g/mol. The molecule has 15 heavy (non-hydrogen) atoms. The first kappa shape index (κ1) is 14.4. The molecule has 0 spiro atoms. The molecule has 3 nitrogen and oxygen atoms in total. The zero-order valence-electron chi connectivity index (χ0n) is 10.7. The van der Waals surface area contributed by atoms with E-state index in [1.165, 1.54) is 0 Å². The van der Waals surface area contributed by atoms with Crippen LogP contribution in [0, 0.1) is 5.41 Å². The summed E-state index contributed by atoms with van der Waals surface area (Å²) < 4.78 is 5.19. The Morgan fingerprint density at radius 3 is 2.40 bits per heavy atom. The van der Waals surface area contributed by atoms with Gasteiger partial charge in [-0.05, 0) is 32.1 Å². The molecule has 0 aliphatic carbocycles. The van der Waals surface area contributed by atoms with E-state index in [0.717, 1.165) is 19.4 Å². The standard InChI is InChI=1S/C12H25NO2/c1-10(2)15-9-11(14)13-8-6-7-12(3,4)5/h10H,6-9H2,1-5H3,(H,13,14). The van der Waals surface area contributed by atoms with Gasteiger partial charge >= 0.3 is 0 Å². The van der Waals surface area contributed by atoms with Gasteiger partial charge in [0.2, 0.25) is 5.91 Å². The average molecular weight is 215 g/mol. The summed E-state index contributed by atoms with van der Waals surface area (Å²) in [7, 11) is 0. The average Bonchev–Trinajstić information content (AvgIpc) is 2.07. The summed E-state index contributed by atoms with van der Waals surface area (Å²) in [5.74, 6) is -0.0161. The number of carbonyl (C=O) groups excluding carboxylic acids is 1. The zero-order chi connectivity index (χ0) is 11.9. The van der Waals surface area contributed by atoms with Crippen molar-refractivity contribution >= 4 is 5.91 Å². The lowest BCUT2D eigenvalue weighted by atomic mass is 9.91. The third-order valence-corrected chi connectivity index (χ3v) is 1.97. The number of hydrogen-bond acceptors (Lipinski definition) is 2. The van der Waals surface area contributed by atoms with E-state index in [9.17, 15) is 4.79 Å². The molecule has 0 atom stereocenters. The smallest absolute Gasteiger partial charge is 0.246 e. The van der Waals surface area contributed by atoms with Crippen LogP contribution in [0.1, 0.15) is 47.5 Å². The van der Waals surface area contributed by atoms with Gasteiger partial charge in [-0.3, -0.25) is 4.79 Å². The van der Waals surface area contributed by atoms with E-state index in [1.54, 1.807) is 0 Å². The van der Waals surface area contributed by atoms with E-state index in [2.05, 4.69) is 26.1 Å². The van der Waals surface area contributed by atoms with Crippen molar-refractivity contribution in [2.24, 2.45) is 5.41 Å². The van der Waals surface area contributed by atoms with Gasteiger partial charge in [-0.1, -0.05) is 20.8 Å². The molecule has 0 aromatic rings. The molecule has 1 N–H and O–H groups in total. The normalized spacial score (nSPS) is 11.9. The molecule has 3 heteroatoms. The first-order valence-electron chi connectivity index (χ1n) is 5.69. The monoisotopic (exact) mass is 215 g/mol. The molecular formula is C12H25NO2. The summed E-state index contributed by atoms with van der Waals surface area (Å²) in [6, 6.07) is 0. The number of carbonyl (C=O) groups is 1. The Hall–Kier alpha value is -0.570. The minimum absolute atomic E-state index is 0.0161. The van der Waals surface area contributed by atoms with Gasteiger partial charge in [0.1, 0.15) is 6.61 Å². The molecule has 0 rings (SSSR count). The van der Waals surface area contributed by atoms with Crippen molar-refractivity contribution in [1.82, 2.24) is 5.32 Å². The lowest BCUT2D eigenvalue weighted by Gasteiger charge is -2.17. The lowest BCUT2D eigenvalue weighted by molar-refractivity contribution is -0.127. The maximum atomic E-state index is 11.2. The SMILES string of the molecule is CC(C)OCC(=O)NCCCC(C)(C)C. The van der Waals surface area contributed by atoms with Crippen LogP contribution in [-0.2, 0) is 9.53 Å². The Morgan fingerprint density at radius 1 is 1.33 bits per heavy atom. The lowest BCUT2D eigenvalue weighted by Crippen LogP contribution is -2.30. The molecule has 90 valence electrons. The molecule has 0 aromatic carbocycles. The highest BCUT2D eigenvalue weighted by Gasteiger charge is 2.09. The Bertz CT molecular complexity index is 183. The van der Waals surface area contributed by atoms with Gasteiger partial charge in [0.15, 0.2) is 0 Å². The van der Waals surface area contributed by atoms with Crippen molar-refractivity contribution in [3.63, 3.8) is 0 Å². The zero-order valence-corrected chi connectivity index (χ0v) is 10.7. The van der Waals surface area contributed by atoms with Crippen molar-refractivity contribution in [3.8, 4) is 0 Å². The molecule has 0 aromatic heterocycles. The molecule has 0 fully saturated rings. The molecule has 0 saturated heterocycles. The molecule has 0 unspecified atom stereocenters. The van der Waals surface area contributed by atoms with Crippen LogP contribution in [0.15, 0.2) is 0 Å². The van der Waals surface area contributed by atoms with Gasteiger partial charge in [-0.15, -0.1) is 0 Å². The minimum atomic E-state index is -0.0161. The van der Waals surface area contributed by atoms with Crippen molar-refractivity contribution < 1.29 is 9.53 Å². The van der Waals surface area contributed by atoms with Crippen LogP contribution in [0.2, 0.25) is 0 Å². The van der Waals surface area contributed by atoms with Crippen molar-refractivity contribution in [1.29, 1.82) is 0 Å². The summed E-state index contributed by atoms with van der Waals surface area (Å²) in [4.78, 5) is 11.2. The summed E-state index contributed by atoms with van der Waals surface area (Å²) in [5.41, 5.74) is 0.346. The van der Waals surface area contributed by atoms with Crippen molar-refractivity contribution in [3.05, 3.63) is 0 Å². The first-order chi connectivity index (χ1) is 6.81. The van der Waals surface area contributed by atoms with Crippen LogP contribution < -0.4 is 5.32 Å². The quantitative estimate of drug-likeness (QED) is 0.691. The van der Waals surface area contributed by atoms with E-state index < -0.39 is 0 Å². The minimum Gasteiger partial charge on any atom is -0.369 e. The van der Waals surface area contributed by atoms with E-state index in [4.69, 9.17) is 4.74 Å². The number of nitrogens with one attached hydrogen (secondary N) is 1. The molecule has 0 saturated carbocycles. The molecule has 0 radical (unpaired) electrons. The molecule has 0 aliphatic heterocycles. The van der Waals surface area contributed by atoms with Crippen LogP contribution in [0.4, 0.5) is 0 Å². The summed E-state index contributed by atoms with van der Waals surface area (Å²) in [6.45, 7) is 11.4. The largest absolute Gasteiger partial charge is 0.369 e. The molecule has 0 aliphatic rings. The van der Waals surface area contributed by atoms with E-state index >= 15 is 0 Å². The maximum Gasteiger partial charge on any atom is 0.246 e. The number of ether oxygens (including phenoxy) is 1. The predicted molar refractivity (Wildman–Crippen MR) is 62.8 cm³/mol. The predicted octanol–water partition coefficient (Wildman–Crippen LogP) is 2.35. The van der Waals surface area contributed by atoms with E-state index in [-0.39, 0.29) is 18.6 Å². The van der Waals surface area contributed by atoms with Crippen LogP contribution in [0.5, 0.6) is 0 Å². The second kappa shape index (κ2) is 6.83. The van der Waals surface area contributed by atoms with Gasteiger partial charge in [-0.2, -0.15) is 0 Å². The van der Waals surface area contributed by atoms with Crippen LogP contribution in [0.25, 0.3) is 0 Å². The molecule has 1 amide bonds. The second-order valence-corrected chi connectivity index (χ2v) is 5.37. The fourth-order valence-electron chi connectivity index (χ4n) is 1.14. The summed E-state index contributed by atoms with van der Waals surface area (Å²) in [5, 5.41) is 2.85. The third-order valence-electron chi connectivity index (χ3n) is 1.97. The topological polar surface area (TPSA) is 38.3 Å². The fourth-order valence-corrected chi connectivity index (χ4v) is 1.14. The van der Waals surface area contributed by atoms with Crippen molar-refractivity contribution in [2.75, 3.05) is 13.2 Å². The van der Waals surface area contributed by atoms with Gasteiger partial charge in [-0.25, -0.2) is 0 Å². The number of hydrogen-bond donors (Lipinski definition) is 1. The van der Waals surface area contributed by atoms with Crippen LogP contribution >= 0.6 is 0 Å². The number of amides is 1. The van der Waals surface area contributed by atoms with Gasteiger partial charge in [0.25, 0.3) is 0 Å². The summed E-state index contributed by atoms with van der Waals surface area (Å²) in [6.07, 6.45) is 2.26. The third kappa shape index (κ3) is 11.4. The van der Waals surface area contributed by atoms with E-state index in [0.29, 0.717) is 5.41 Å². The highest BCUT2D eigenvalue weighted by Crippen LogP contribution is 2.19. The molecule has 0 bridgehead atoms. The van der Waals surface area contributed by atoms with Gasteiger partial charge in [0.05, 0.1) is 6.10 Å². The Kier molecular flexibility index (Phi) is 6.57. The Morgan fingerprint density at radius 2 is 1.93 bits per heavy atom. The van der Waals surface area contributed by atoms with Crippen LogP contribution in [-0.4, -0.2) is 25.2 Å². The fraction of sp³-hybridized carbons (Fsp3) is 0.917. The van der Waals surface area contributed by atoms with E-state index in [1.807, 2.05) is 13.8 Å².